The Bertz CT molecular complexity index is 917. The number of Topliss-reactive ketones (excluding diaryl/α,β-unsaturated/α-hetero) is 1. The first kappa shape index (κ1) is 33.7. The summed E-state index contributed by atoms with van der Waals surface area (Å²) in [6.45, 7) is 7.00. The van der Waals surface area contributed by atoms with E-state index in [2.05, 4.69) is 4.74 Å². The van der Waals surface area contributed by atoms with E-state index < -0.39 is 29.1 Å². The van der Waals surface area contributed by atoms with Crippen LogP contribution in [0.5, 0.6) is 5.75 Å². The number of ketones is 1. The first-order valence-electron chi connectivity index (χ1n) is 12.8. The first-order chi connectivity index (χ1) is 17.5. The van der Waals surface area contributed by atoms with E-state index in [-0.39, 0.29) is 36.0 Å². The Labute approximate surface area is 220 Å². The number of nitrogens with zero attached hydrogens (tertiary/aromatic N) is 1. The molecule has 11 heteroatoms. The van der Waals surface area contributed by atoms with Gasteiger partial charge in [0.25, 0.3) is 5.60 Å². The number of carbonyl (C=O) groups excluding carboxylic acids is 2. The van der Waals surface area contributed by atoms with Crippen LogP contribution in [0.1, 0.15) is 83.8 Å². The molecule has 1 aromatic carbocycles. The zero-order valence-corrected chi connectivity index (χ0v) is 22.9. The van der Waals surface area contributed by atoms with Crippen LogP contribution in [0.3, 0.4) is 0 Å². The van der Waals surface area contributed by atoms with Gasteiger partial charge in [0.15, 0.2) is 5.78 Å². The minimum atomic E-state index is -5.72. The second-order valence-electron chi connectivity index (χ2n) is 9.59. The highest BCUT2D eigenvalue weighted by Gasteiger charge is 2.73. The Kier molecular flexibility index (Phi) is 12.1. The van der Waals surface area contributed by atoms with Gasteiger partial charge in [-0.05, 0) is 50.3 Å². The van der Waals surface area contributed by atoms with Crippen molar-refractivity contribution in [2.75, 3.05) is 20.8 Å². The third-order valence-corrected chi connectivity index (χ3v) is 7.15. The fourth-order valence-electron chi connectivity index (χ4n) is 4.40. The Hall–Kier alpha value is -2.30. The van der Waals surface area contributed by atoms with Crippen LogP contribution in [-0.2, 0) is 26.3 Å². The Morgan fingerprint density at radius 3 is 2.00 bits per heavy atom. The number of amides is 1. The van der Waals surface area contributed by atoms with Crippen molar-refractivity contribution in [1.82, 2.24) is 4.90 Å². The van der Waals surface area contributed by atoms with Crippen LogP contribution < -0.4 is 4.74 Å². The molecule has 38 heavy (non-hydrogen) atoms. The van der Waals surface area contributed by atoms with E-state index in [1.807, 2.05) is 6.92 Å². The summed E-state index contributed by atoms with van der Waals surface area (Å²) in [5, 5.41) is 0. The fraction of sp³-hybridized carbons (Fsp3) is 0.704. The van der Waals surface area contributed by atoms with Crippen molar-refractivity contribution in [1.29, 1.82) is 0 Å². The number of ether oxygens (including phenoxy) is 2. The molecule has 0 bridgehead atoms. The van der Waals surface area contributed by atoms with E-state index in [0.29, 0.717) is 39.2 Å². The molecule has 1 unspecified atom stereocenters. The van der Waals surface area contributed by atoms with Gasteiger partial charge in [0.2, 0.25) is 5.91 Å². The zero-order valence-electron chi connectivity index (χ0n) is 22.9. The Morgan fingerprint density at radius 2 is 1.53 bits per heavy atom. The molecule has 0 saturated heterocycles. The number of methoxy groups -OCH3 is 1. The Morgan fingerprint density at radius 1 is 0.947 bits per heavy atom. The molecule has 1 aromatic rings. The van der Waals surface area contributed by atoms with Crippen molar-refractivity contribution in [2.45, 2.75) is 103 Å². The van der Waals surface area contributed by atoms with Crippen molar-refractivity contribution in [3.8, 4) is 5.75 Å². The highest BCUT2D eigenvalue weighted by Crippen LogP contribution is 2.53. The molecule has 0 saturated carbocycles. The van der Waals surface area contributed by atoms with E-state index in [1.165, 1.54) is 11.8 Å². The second-order valence-corrected chi connectivity index (χ2v) is 9.59. The van der Waals surface area contributed by atoms with Crippen LogP contribution in [0.4, 0.5) is 26.3 Å². The normalized spacial score (nSPS) is 14.2. The SMILES string of the molecule is CCCc1cc(C(OC)(C(F)(F)F)C(F)(F)F)ccc1OCCCCCCC(=O)C(C)(CC)N(C)C(C)=O. The first-order valence-corrected chi connectivity index (χ1v) is 12.8. The molecule has 1 atom stereocenters. The van der Waals surface area contributed by atoms with Crippen molar-refractivity contribution < 1.29 is 45.4 Å². The predicted molar refractivity (Wildman–Crippen MR) is 132 cm³/mol. The van der Waals surface area contributed by atoms with Crippen LogP contribution in [0.2, 0.25) is 0 Å². The number of unbranched alkanes of at least 4 members (excludes halogenated alkanes) is 3. The Balaban J connectivity index is 2.80. The van der Waals surface area contributed by atoms with Crippen molar-refractivity contribution in [3.63, 3.8) is 0 Å². The van der Waals surface area contributed by atoms with Gasteiger partial charge in [-0.3, -0.25) is 9.59 Å². The maximum absolute atomic E-state index is 13.6. The second kappa shape index (κ2) is 13.7. The number of likely N-dealkylation sites (N-methyl/N-ethyl adjacent to an activating group) is 1. The number of aryl methyl sites for hydroxylation is 1. The minimum absolute atomic E-state index is 0.0110. The maximum atomic E-state index is 13.6. The largest absolute Gasteiger partial charge is 0.493 e. The minimum Gasteiger partial charge on any atom is -0.493 e. The molecule has 0 N–H and O–H groups in total. The zero-order chi connectivity index (χ0) is 29.4. The molecule has 218 valence electrons. The summed E-state index contributed by atoms with van der Waals surface area (Å²) < 4.78 is 91.5. The summed E-state index contributed by atoms with van der Waals surface area (Å²) in [5.41, 5.74) is -6.10. The van der Waals surface area contributed by atoms with Gasteiger partial charge in [-0.1, -0.05) is 39.2 Å². The molecule has 0 heterocycles. The number of alkyl halides is 6. The van der Waals surface area contributed by atoms with Crippen molar-refractivity contribution in [2.24, 2.45) is 0 Å². The van der Waals surface area contributed by atoms with Crippen molar-refractivity contribution >= 4 is 11.7 Å². The van der Waals surface area contributed by atoms with Crippen LogP contribution in [0, 0.1) is 0 Å². The third-order valence-electron chi connectivity index (χ3n) is 7.15. The van der Waals surface area contributed by atoms with Crippen LogP contribution in [-0.4, -0.2) is 55.2 Å². The monoisotopic (exact) mass is 555 g/mol. The van der Waals surface area contributed by atoms with Gasteiger partial charge in [0.05, 0.1) is 12.1 Å². The number of carbonyl (C=O) groups is 2. The molecule has 1 amide bonds. The summed E-state index contributed by atoms with van der Waals surface area (Å²) in [4.78, 5) is 25.9. The van der Waals surface area contributed by atoms with E-state index >= 15 is 0 Å². The van der Waals surface area contributed by atoms with Crippen LogP contribution in [0.15, 0.2) is 18.2 Å². The molecule has 0 aliphatic heterocycles. The maximum Gasteiger partial charge on any atom is 0.430 e. The van der Waals surface area contributed by atoms with Gasteiger partial charge in [0.1, 0.15) is 5.75 Å². The summed E-state index contributed by atoms with van der Waals surface area (Å²) in [7, 11) is 2.00. The van der Waals surface area contributed by atoms with Gasteiger partial charge in [-0.25, -0.2) is 0 Å². The number of rotatable bonds is 15. The smallest absolute Gasteiger partial charge is 0.430 e. The molecule has 0 aromatic heterocycles. The van der Waals surface area contributed by atoms with E-state index in [9.17, 15) is 35.9 Å². The standard InChI is InChI=1S/C27H39F6NO4/c1-7-13-20-18-21(25(37-6,26(28,29)30)27(31,32)33)15-16-22(20)38-17-12-10-9-11-14-23(36)24(4,8-2)34(5)19(3)35/h15-16,18H,7-14,17H2,1-6H3. The lowest BCUT2D eigenvalue weighted by molar-refractivity contribution is -0.383. The van der Waals surface area contributed by atoms with Gasteiger partial charge < -0.3 is 14.4 Å². The molecular formula is C27H39F6NO4. The third kappa shape index (κ3) is 7.42. The number of hydrogen-bond donors (Lipinski definition) is 0. The molecule has 0 spiro atoms. The highest BCUT2D eigenvalue weighted by molar-refractivity contribution is 5.91. The van der Waals surface area contributed by atoms with Gasteiger partial charge >= 0.3 is 12.4 Å². The average molecular weight is 556 g/mol. The summed E-state index contributed by atoms with van der Waals surface area (Å²) in [6, 6.07) is 2.73. The fourth-order valence-corrected chi connectivity index (χ4v) is 4.40. The topological polar surface area (TPSA) is 55.8 Å². The highest BCUT2D eigenvalue weighted by atomic mass is 19.4. The lowest BCUT2D eigenvalue weighted by atomic mass is 9.88. The molecule has 5 nitrogen and oxygen atoms in total. The van der Waals surface area contributed by atoms with Crippen molar-refractivity contribution in [3.05, 3.63) is 29.3 Å². The predicted octanol–water partition coefficient (Wildman–Crippen LogP) is 7.15. The molecule has 0 aliphatic rings. The average Bonchev–Trinajstić information content (AvgIpc) is 2.82. The van der Waals surface area contributed by atoms with E-state index in [0.717, 1.165) is 31.0 Å². The van der Waals surface area contributed by atoms with Gasteiger partial charge in [0, 0.05) is 33.1 Å². The van der Waals surface area contributed by atoms with Gasteiger partial charge in [-0.2, -0.15) is 26.3 Å². The van der Waals surface area contributed by atoms with Gasteiger partial charge in [-0.15, -0.1) is 0 Å². The summed E-state index contributed by atoms with van der Waals surface area (Å²) in [5.74, 6) is 0.0363. The quantitative estimate of drug-likeness (QED) is 0.170. The van der Waals surface area contributed by atoms with E-state index in [1.54, 1.807) is 20.9 Å². The number of halogens is 6. The molecule has 0 fully saturated rings. The number of benzene rings is 1. The summed E-state index contributed by atoms with van der Waals surface area (Å²) in [6.07, 6.45) is -7.23. The molecule has 0 aliphatic carbocycles. The lowest BCUT2D eigenvalue weighted by Crippen LogP contribution is -2.55. The molecule has 0 radical (unpaired) electrons. The summed E-state index contributed by atoms with van der Waals surface area (Å²) >= 11 is 0. The van der Waals surface area contributed by atoms with Crippen LogP contribution in [0.25, 0.3) is 0 Å². The van der Waals surface area contributed by atoms with Crippen LogP contribution >= 0.6 is 0 Å². The molecule has 1 rings (SSSR count). The molecular weight excluding hydrogens is 516 g/mol. The number of hydrogen-bond acceptors (Lipinski definition) is 4. The van der Waals surface area contributed by atoms with E-state index in [4.69, 9.17) is 4.74 Å². The lowest BCUT2D eigenvalue weighted by Gasteiger charge is -2.36.